The van der Waals surface area contributed by atoms with Crippen molar-refractivity contribution in [2.75, 3.05) is 16.4 Å². The number of aromatic hydroxyl groups is 1. The van der Waals surface area contributed by atoms with Crippen molar-refractivity contribution in [2.24, 2.45) is 0 Å². The first-order valence-corrected chi connectivity index (χ1v) is 6.91. The molecule has 1 rings (SSSR count). The maximum Gasteiger partial charge on any atom is 0.233 e. The molecule has 6 heteroatoms. The molecule has 90 valence electrons. The maximum absolute atomic E-state index is 11.5. The molecule has 4 nitrogen and oxygen atoms in total. The van der Waals surface area contributed by atoms with Crippen molar-refractivity contribution in [3.05, 3.63) is 23.3 Å². The SMILES string of the molecule is Cc1cc(NS(=O)(=O)CCCl)c(C)cc1O. The van der Waals surface area contributed by atoms with Crippen LogP contribution in [0.2, 0.25) is 0 Å². The van der Waals surface area contributed by atoms with E-state index in [9.17, 15) is 13.5 Å². The first-order chi connectivity index (χ1) is 7.35. The van der Waals surface area contributed by atoms with Gasteiger partial charge in [0.2, 0.25) is 10.0 Å². The third kappa shape index (κ3) is 3.28. The summed E-state index contributed by atoms with van der Waals surface area (Å²) in [5.41, 5.74) is 1.76. The molecule has 0 heterocycles. The molecule has 2 N–H and O–H groups in total. The van der Waals surface area contributed by atoms with Crippen molar-refractivity contribution < 1.29 is 13.5 Å². The fourth-order valence-electron chi connectivity index (χ4n) is 1.23. The molecular formula is C10H14ClNO3S. The van der Waals surface area contributed by atoms with Gasteiger partial charge in [-0.3, -0.25) is 4.72 Å². The second-order valence-electron chi connectivity index (χ2n) is 3.56. The zero-order valence-corrected chi connectivity index (χ0v) is 10.7. The standard InChI is InChI=1S/C10H14ClNO3S/c1-7-6-10(13)8(2)5-9(7)12-16(14,15)4-3-11/h5-6,12-13H,3-4H2,1-2H3. The first kappa shape index (κ1) is 13.1. The van der Waals surface area contributed by atoms with Crippen LogP contribution in [0.4, 0.5) is 5.69 Å². The van der Waals surface area contributed by atoms with Crippen LogP contribution < -0.4 is 4.72 Å². The summed E-state index contributed by atoms with van der Waals surface area (Å²) < 4.78 is 25.4. The molecule has 0 amide bonds. The highest BCUT2D eigenvalue weighted by molar-refractivity contribution is 7.92. The number of hydrogen-bond acceptors (Lipinski definition) is 3. The lowest BCUT2D eigenvalue weighted by Crippen LogP contribution is -2.18. The zero-order valence-electron chi connectivity index (χ0n) is 9.12. The van der Waals surface area contributed by atoms with E-state index in [1.54, 1.807) is 19.9 Å². The summed E-state index contributed by atoms with van der Waals surface area (Å²) in [7, 11) is -3.40. The number of phenols is 1. The van der Waals surface area contributed by atoms with E-state index in [4.69, 9.17) is 11.6 Å². The predicted molar refractivity (Wildman–Crippen MR) is 65.7 cm³/mol. The van der Waals surface area contributed by atoms with Crippen LogP contribution in [0.5, 0.6) is 5.75 Å². The topological polar surface area (TPSA) is 66.4 Å². The van der Waals surface area contributed by atoms with Gasteiger partial charge in [-0.15, -0.1) is 11.6 Å². The normalized spacial score (nSPS) is 11.4. The van der Waals surface area contributed by atoms with E-state index in [-0.39, 0.29) is 17.4 Å². The molecule has 0 aliphatic rings. The Morgan fingerprint density at radius 2 is 1.94 bits per heavy atom. The summed E-state index contributed by atoms with van der Waals surface area (Å²) in [6.45, 7) is 3.42. The van der Waals surface area contributed by atoms with Gasteiger partial charge in [0.25, 0.3) is 0 Å². The van der Waals surface area contributed by atoms with Gasteiger partial charge in [0.1, 0.15) is 5.75 Å². The highest BCUT2D eigenvalue weighted by Crippen LogP contribution is 2.25. The van der Waals surface area contributed by atoms with Gasteiger partial charge in [-0.05, 0) is 37.1 Å². The minimum Gasteiger partial charge on any atom is -0.508 e. The molecule has 0 aliphatic heterocycles. The average Bonchev–Trinajstić information content (AvgIpc) is 2.13. The highest BCUT2D eigenvalue weighted by Gasteiger charge is 2.12. The molecule has 0 aliphatic carbocycles. The van der Waals surface area contributed by atoms with Crippen molar-refractivity contribution in [2.45, 2.75) is 13.8 Å². The number of alkyl halides is 1. The summed E-state index contributed by atoms with van der Waals surface area (Å²) in [5, 5.41) is 9.43. The van der Waals surface area contributed by atoms with E-state index in [0.717, 1.165) is 0 Å². The molecule has 16 heavy (non-hydrogen) atoms. The van der Waals surface area contributed by atoms with E-state index in [1.807, 2.05) is 0 Å². The third-order valence-corrected chi connectivity index (χ3v) is 3.84. The molecule has 1 aromatic carbocycles. The molecule has 1 aromatic rings. The molecular weight excluding hydrogens is 250 g/mol. The van der Waals surface area contributed by atoms with Crippen LogP contribution in [0.1, 0.15) is 11.1 Å². The summed E-state index contributed by atoms with van der Waals surface area (Å²) in [6.07, 6.45) is 0. The Morgan fingerprint density at radius 1 is 1.31 bits per heavy atom. The number of nitrogens with one attached hydrogen (secondary N) is 1. The van der Waals surface area contributed by atoms with Crippen LogP contribution in [0, 0.1) is 13.8 Å². The maximum atomic E-state index is 11.5. The van der Waals surface area contributed by atoms with Gasteiger partial charge in [-0.1, -0.05) is 0 Å². The van der Waals surface area contributed by atoms with Gasteiger partial charge in [0, 0.05) is 5.88 Å². The summed E-state index contributed by atoms with van der Waals surface area (Å²) in [5.74, 6) is 0.0668. The molecule has 0 radical (unpaired) electrons. The number of halogens is 1. The quantitative estimate of drug-likeness (QED) is 0.645. The van der Waals surface area contributed by atoms with Crippen molar-refractivity contribution in [1.29, 1.82) is 0 Å². The Bertz CT molecular complexity index is 485. The smallest absolute Gasteiger partial charge is 0.233 e. The molecule has 0 saturated heterocycles. The number of phenolic OH excluding ortho intramolecular Hbond substituents is 1. The lowest BCUT2D eigenvalue weighted by Gasteiger charge is -2.11. The fourth-order valence-corrected chi connectivity index (χ4v) is 2.70. The third-order valence-electron chi connectivity index (χ3n) is 2.15. The fraction of sp³-hybridized carbons (Fsp3) is 0.400. The second kappa shape index (κ2) is 4.93. The molecule has 0 fully saturated rings. The van der Waals surface area contributed by atoms with Crippen LogP contribution in [-0.4, -0.2) is 25.2 Å². The van der Waals surface area contributed by atoms with Crippen LogP contribution in [-0.2, 0) is 10.0 Å². The number of hydrogen-bond donors (Lipinski definition) is 2. The average molecular weight is 264 g/mol. The van der Waals surface area contributed by atoms with E-state index >= 15 is 0 Å². The number of anilines is 1. The number of aryl methyl sites for hydroxylation is 2. The summed E-state index contributed by atoms with van der Waals surface area (Å²) in [6, 6.07) is 3.12. The summed E-state index contributed by atoms with van der Waals surface area (Å²) in [4.78, 5) is 0. The molecule has 0 aromatic heterocycles. The Labute approximate surface area is 100 Å². The van der Waals surface area contributed by atoms with Crippen LogP contribution in [0.25, 0.3) is 0 Å². The largest absolute Gasteiger partial charge is 0.508 e. The molecule has 0 unspecified atom stereocenters. The van der Waals surface area contributed by atoms with Crippen molar-refractivity contribution >= 4 is 27.3 Å². The molecule has 0 saturated carbocycles. The van der Waals surface area contributed by atoms with Crippen LogP contribution >= 0.6 is 11.6 Å². The monoisotopic (exact) mass is 263 g/mol. The predicted octanol–water partition coefficient (Wildman–Crippen LogP) is 1.99. The number of sulfonamides is 1. The zero-order chi connectivity index (χ0) is 12.3. The van der Waals surface area contributed by atoms with Crippen molar-refractivity contribution in [3.63, 3.8) is 0 Å². The number of rotatable bonds is 4. The Balaban J connectivity index is 3.03. The van der Waals surface area contributed by atoms with E-state index < -0.39 is 10.0 Å². The highest BCUT2D eigenvalue weighted by atomic mass is 35.5. The van der Waals surface area contributed by atoms with Crippen LogP contribution in [0.15, 0.2) is 12.1 Å². The van der Waals surface area contributed by atoms with Gasteiger partial charge < -0.3 is 5.11 Å². The van der Waals surface area contributed by atoms with Gasteiger partial charge in [0.05, 0.1) is 11.4 Å². The van der Waals surface area contributed by atoms with Crippen molar-refractivity contribution in [3.8, 4) is 5.75 Å². The van der Waals surface area contributed by atoms with E-state index in [1.165, 1.54) is 6.07 Å². The van der Waals surface area contributed by atoms with Gasteiger partial charge in [0.15, 0.2) is 0 Å². The van der Waals surface area contributed by atoms with Crippen molar-refractivity contribution in [1.82, 2.24) is 0 Å². The Kier molecular flexibility index (Phi) is 4.04. The van der Waals surface area contributed by atoms with E-state index in [0.29, 0.717) is 16.8 Å². The van der Waals surface area contributed by atoms with Gasteiger partial charge in [-0.25, -0.2) is 8.42 Å². The van der Waals surface area contributed by atoms with Crippen LogP contribution in [0.3, 0.4) is 0 Å². The number of benzene rings is 1. The lowest BCUT2D eigenvalue weighted by molar-refractivity contribution is 0.471. The lowest BCUT2D eigenvalue weighted by atomic mass is 10.1. The Hall–Kier alpha value is -0.940. The Morgan fingerprint density at radius 3 is 2.50 bits per heavy atom. The second-order valence-corrected chi connectivity index (χ2v) is 5.78. The van der Waals surface area contributed by atoms with Gasteiger partial charge >= 0.3 is 0 Å². The summed E-state index contributed by atoms with van der Waals surface area (Å²) >= 11 is 5.39. The molecule has 0 atom stereocenters. The minimum atomic E-state index is -3.40. The van der Waals surface area contributed by atoms with E-state index in [2.05, 4.69) is 4.72 Å². The van der Waals surface area contributed by atoms with Gasteiger partial charge in [-0.2, -0.15) is 0 Å². The first-order valence-electron chi connectivity index (χ1n) is 4.72. The minimum absolute atomic E-state index is 0.0471. The molecule has 0 spiro atoms. The molecule has 0 bridgehead atoms.